The molecule has 0 saturated heterocycles. The molecule has 0 aromatic heterocycles. The van der Waals surface area contributed by atoms with Crippen molar-refractivity contribution in [2.75, 3.05) is 19.0 Å². The van der Waals surface area contributed by atoms with Crippen LogP contribution in [0.15, 0.2) is 53.4 Å². The molecule has 25 heavy (non-hydrogen) atoms. The van der Waals surface area contributed by atoms with Crippen molar-refractivity contribution in [2.45, 2.75) is 10.7 Å². The Hall–Kier alpha value is -2.68. The Morgan fingerprint density at radius 1 is 1.04 bits per heavy atom. The van der Waals surface area contributed by atoms with Crippen LogP contribution in [-0.2, 0) is 14.6 Å². The SMILES string of the molecule is COc1ccc(OCC(=O)Nc2ccc(S(=O)(=O)C(F)F)cc2)cc1. The summed E-state index contributed by atoms with van der Waals surface area (Å²) in [5, 5.41) is 2.47. The van der Waals surface area contributed by atoms with Crippen LogP contribution in [0.1, 0.15) is 0 Å². The lowest BCUT2D eigenvalue weighted by molar-refractivity contribution is -0.118. The van der Waals surface area contributed by atoms with Crippen LogP contribution in [0.25, 0.3) is 0 Å². The number of methoxy groups -OCH3 is 1. The first-order valence-corrected chi connectivity index (χ1v) is 8.56. The molecule has 0 spiro atoms. The number of nitrogens with one attached hydrogen (secondary N) is 1. The summed E-state index contributed by atoms with van der Waals surface area (Å²) in [5.74, 6) is -2.86. The first-order valence-electron chi connectivity index (χ1n) is 7.02. The molecule has 1 amide bonds. The molecule has 6 nitrogen and oxygen atoms in total. The van der Waals surface area contributed by atoms with Gasteiger partial charge < -0.3 is 14.8 Å². The number of rotatable bonds is 7. The Bertz CT molecular complexity index is 821. The molecule has 0 aliphatic carbocycles. The number of carbonyl (C=O) groups excluding carboxylic acids is 1. The van der Waals surface area contributed by atoms with E-state index in [1.807, 2.05) is 0 Å². The van der Waals surface area contributed by atoms with Crippen LogP contribution in [0.2, 0.25) is 0 Å². The number of carbonyl (C=O) groups is 1. The van der Waals surface area contributed by atoms with Crippen molar-refractivity contribution < 1.29 is 31.5 Å². The Kier molecular flexibility index (Phi) is 5.92. The molecule has 0 atom stereocenters. The van der Waals surface area contributed by atoms with Crippen molar-refractivity contribution in [3.05, 3.63) is 48.5 Å². The van der Waals surface area contributed by atoms with Gasteiger partial charge in [0.2, 0.25) is 9.84 Å². The molecule has 9 heteroatoms. The minimum Gasteiger partial charge on any atom is -0.497 e. The second kappa shape index (κ2) is 7.93. The smallest absolute Gasteiger partial charge is 0.341 e. The van der Waals surface area contributed by atoms with Gasteiger partial charge in [-0.25, -0.2) is 8.42 Å². The third kappa shape index (κ3) is 4.90. The van der Waals surface area contributed by atoms with E-state index >= 15 is 0 Å². The van der Waals surface area contributed by atoms with Crippen molar-refractivity contribution >= 4 is 21.4 Å². The third-order valence-corrected chi connectivity index (χ3v) is 4.53. The number of sulfone groups is 1. The molecule has 0 unspecified atom stereocenters. The molecular formula is C16H15F2NO5S. The summed E-state index contributed by atoms with van der Waals surface area (Å²) in [6.45, 7) is -0.274. The van der Waals surface area contributed by atoms with E-state index in [0.717, 1.165) is 12.1 Å². The quantitative estimate of drug-likeness (QED) is 0.809. The van der Waals surface area contributed by atoms with Crippen molar-refractivity contribution in [1.29, 1.82) is 0 Å². The van der Waals surface area contributed by atoms with Gasteiger partial charge in [-0.15, -0.1) is 0 Å². The van der Waals surface area contributed by atoms with E-state index in [0.29, 0.717) is 11.5 Å². The zero-order valence-electron chi connectivity index (χ0n) is 13.1. The first-order chi connectivity index (χ1) is 11.8. The van der Waals surface area contributed by atoms with Crippen molar-refractivity contribution in [1.82, 2.24) is 0 Å². The highest BCUT2D eigenvalue weighted by molar-refractivity contribution is 7.91. The van der Waals surface area contributed by atoms with Crippen LogP contribution in [0.5, 0.6) is 11.5 Å². The second-order valence-corrected chi connectivity index (χ2v) is 6.76. The normalized spacial score (nSPS) is 11.2. The Balaban J connectivity index is 1.92. The largest absolute Gasteiger partial charge is 0.497 e. The minimum atomic E-state index is -4.66. The van der Waals surface area contributed by atoms with Gasteiger partial charge in [-0.3, -0.25) is 4.79 Å². The minimum absolute atomic E-state index is 0.261. The molecule has 2 aromatic carbocycles. The summed E-state index contributed by atoms with van der Waals surface area (Å²) in [6.07, 6.45) is 0. The molecule has 0 aliphatic rings. The van der Waals surface area contributed by atoms with Gasteiger partial charge in [0.15, 0.2) is 6.61 Å². The highest BCUT2D eigenvalue weighted by Gasteiger charge is 2.26. The van der Waals surface area contributed by atoms with Crippen LogP contribution >= 0.6 is 0 Å². The van der Waals surface area contributed by atoms with Gasteiger partial charge in [0.25, 0.3) is 5.91 Å². The predicted molar refractivity (Wildman–Crippen MR) is 86.8 cm³/mol. The van der Waals surface area contributed by atoms with Gasteiger partial charge in [-0.1, -0.05) is 0 Å². The Morgan fingerprint density at radius 3 is 2.12 bits per heavy atom. The predicted octanol–water partition coefficient (Wildman–Crippen LogP) is 2.71. The van der Waals surface area contributed by atoms with E-state index in [1.54, 1.807) is 24.3 Å². The number of amides is 1. The summed E-state index contributed by atoms with van der Waals surface area (Å²) >= 11 is 0. The monoisotopic (exact) mass is 371 g/mol. The molecule has 0 radical (unpaired) electrons. The first kappa shape index (κ1) is 18.7. The average Bonchev–Trinajstić information content (AvgIpc) is 2.60. The fourth-order valence-corrected chi connectivity index (χ4v) is 2.57. The lowest BCUT2D eigenvalue weighted by atomic mass is 10.3. The summed E-state index contributed by atoms with van der Waals surface area (Å²) in [5.41, 5.74) is 0.261. The molecule has 2 rings (SSSR count). The molecule has 1 N–H and O–H groups in total. The lowest BCUT2D eigenvalue weighted by Gasteiger charge is -2.09. The van der Waals surface area contributed by atoms with Crippen LogP contribution in [-0.4, -0.2) is 33.8 Å². The van der Waals surface area contributed by atoms with Crippen molar-refractivity contribution in [2.24, 2.45) is 0 Å². The van der Waals surface area contributed by atoms with Crippen molar-refractivity contribution in [3.8, 4) is 11.5 Å². The average molecular weight is 371 g/mol. The van der Waals surface area contributed by atoms with Gasteiger partial charge >= 0.3 is 5.76 Å². The van der Waals surface area contributed by atoms with Gasteiger partial charge in [0.1, 0.15) is 11.5 Å². The zero-order chi connectivity index (χ0) is 18.4. The van der Waals surface area contributed by atoms with E-state index in [1.165, 1.54) is 19.2 Å². The summed E-state index contributed by atoms with van der Waals surface area (Å²) in [6, 6.07) is 11.1. The highest BCUT2D eigenvalue weighted by Crippen LogP contribution is 2.20. The van der Waals surface area contributed by atoms with Gasteiger partial charge in [0, 0.05) is 5.69 Å². The van der Waals surface area contributed by atoms with Gasteiger partial charge in [-0.2, -0.15) is 8.78 Å². The molecule has 0 saturated carbocycles. The van der Waals surface area contributed by atoms with E-state index in [9.17, 15) is 22.0 Å². The van der Waals surface area contributed by atoms with E-state index in [2.05, 4.69) is 5.32 Å². The summed E-state index contributed by atoms with van der Waals surface area (Å²) < 4.78 is 57.8. The fraction of sp³-hybridized carbons (Fsp3) is 0.188. The maximum atomic E-state index is 12.4. The number of anilines is 1. The van der Waals surface area contributed by atoms with Crippen molar-refractivity contribution in [3.63, 3.8) is 0 Å². The molecule has 0 fully saturated rings. The number of benzene rings is 2. The van der Waals surface area contributed by atoms with E-state index in [-0.39, 0.29) is 12.3 Å². The zero-order valence-corrected chi connectivity index (χ0v) is 13.9. The molecule has 134 valence electrons. The second-order valence-electron chi connectivity index (χ2n) is 4.84. The number of hydrogen-bond donors (Lipinski definition) is 1. The van der Waals surface area contributed by atoms with Crippen LogP contribution in [0, 0.1) is 0 Å². The van der Waals surface area contributed by atoms with Gasteiger partial charge in [-0.05, 0) is 48.5 Å². The molecule has 0 bridgehead atoms. The van der Waals surface area contributed by atoms with Crippen LogP contribution in [0.4, 0.5) is 14.5 Å². The maximum absolute atomic E-state index is 12.4. The summed E-state index contributed by atoms with van der Waals surface area (Å²) in [4.78, 5) is 11.3. The van der Waals surface area contributed by atoms with Crippen LogP contribution < -0.4 is 14.8 Å². The fourth-order valence-electron chi connectivity index (χ4n) is 1.85. The molecule has 0 heterocycles. The standard InChI is InChI=1S/C16H15F2NO5S/c1-23-12-4-6-13(7-5-12)24-10-15(20)19-11-2-8-14(9-3-11)25(21,22)16(17)18/h2-9,16H,10H2,1H3,(H,19,20). The molecule has 0 aliphatic heterocycles. The number of ether oxygens (including phenoxy) is 2. The Labute approximate surface area is 143 Å². The third-order valence-electron chi connectivity index (χ3n) is 3.13. The molecule has 2 aromatic rings. The lowest BCUT2D eigenvalue weighted by Crippen LogP contribution is -2.20. The highest BCUT2D eigenvalue weighted by atomic mass is 32.2. The van der Waals surface area contributed by atoms with Gasteiger partial charge in [0.05, 0.1) is 12.0 Å². The topological polar surface area (TPSA) is 81.7 Å². The molecular weight excluding hydrogens is 356 g/mol. The number of hydrogen-bond acceptors (Lipinski definition) is 5. The maximum Gasteiger partial charge on any atom is 0.341 e. The van der Waals surface area contributed by atoms with E-state index in [4.69, 9.17) is 9.47 Å². The summed E-state index contributed by atoms with van der Waals surface area (Å²) in [7, 11) is -3.13. The number of alkyl halides is 2. The van der Waals surface area contributed by atoms with E-state index < -0.39 is 26.4 Å². The number of halogens is 2. The van der Waals surface area contributed by atoms with Crippen LogP contribution in [0.3, 0.4) is 0 Å². The Morgan fingerprint density at radius 2 is 1.60 bits per heavy atom.